The molecule has 0 bridgehead atoms. The Morgan fingerprint density at radius 2 is 1.95 bits per heavy atom. The SMILES string of the molecule is CCn1ccc2c(N)nc(NCc3ccccc3)nc21. The molecule has 3 N–H and O–H groups in total. The molecule has 0 fully saturated rings. The molecular weight excluding hydrogens is 250 g/mol. The van der Waals surface area contributed by atoms with Crippen LogP contribution in [0.5, 0.6) is 0 Å². The maximum absolute atomic E-state index is 5.99. The first-order valence-electron chi connectivity index (χ1n) is 6.68. The van der Waals surface area contributed by atoms with Crippen molar-refractivity contribution in [3.63, 3.8) is 0 Å². The monoisotopic (exact) mass is 267 g/mol. The average molecular weight is 267 g/mol. The van der Waals surface area contributed by atoms with E-state index < -0.39 is 0 Å². The zero-order chi connectivity index (χ0) is 13.9. The number of aromatic nitrogens is 3. The molecule has 0 atom stereocenters. The molecule has 1 aromatic carbocycles. The van der Waals surface area contributed by atoms with E-state index in [1.807, 2.05) is 30.5 Å². The average Bonchev–Trinajstić information content (AvgIpc) is 2.90. The van der Waals surface area contributed by atoms with Crippen LogP contribution in [0, 0.1) is 0 Å². The van der Waals surface area contributed by atoms with Crippen LogP contribution in [-0.4, -0.2) is 14.5 Å². The molecule has 0 radical (unpaired) electrons. The Kier molecular flexibility index (Phi) is 3.25. The van der Waals surface area contributed by atoms with Gasteiger partial charge in [0.15, 0.2) is 0 Å². The van der Waals surface area contributed by atoms with Crippen molar-refractivity contribution in [2.45, 2.75) is 20.0 Å². The first-order valence-corrected chi connectivity index (χ1v) is 6.68. The minimum absolute atomic E-state index is 0.512. The van der Waals surface area contributed by atoms with Gasteiger partial charge in [-0.2, -0.15) is 9.97 Å². The van der Waals surface area contributed by atoms with Crippen molar-refractivity contribution < 1.29 is 0 Å². The molecule has 5 nitrogen and oxygen atoms in total. The van der Waals surface area contributed by atoms with Crippen molar-refractivity contribution in [2.24, 2.45) is 0 Å². The third-order valence-electron chi connectivity index (χ3n) is 3.28. The fraction of sp³-hybridized carbons (Fsp3) is 0.200. The summed E-state index contributed by atoms with van der Waals surface area (Å²) in [5.74, 6) is 1.07. The van der Waals surface area contributed by atoms with Gasteiger partial charge in [-0.1, -0.05) is 30.3 Å². The quantitative estimate of drug-likeness (QED) is 0.762. The Morgan fingerprint density at radius 3 is 2.70 bits per heavy atom. The van der Waals surface area contributed by atoms with Crippen LogP contribution in [0.1, 0.15) is 12.5 Å². The molecular formula is C15H17N5. The summed E-state index contributed by atoms with van der Waals surface area (Å²) < 4.78 is 2.06. The minimum Gasteiger partial charge on any atom is -0.383 e. The number of hydrogen-bond donors (Lipinski definition) is 2. The molecule has 0 amide bonds. The fourth-order valence-corrected chi connectivity index (χ4v) is 2.20. The molecule has 3 rings (SSSR count). The summed E-state index contributed by atoms with van der Waals surface area (Å²) in [7, 11) is 0. The van der Waals surface area contributed by atoms with Crippen LogP contribution in [0.25, 0.3) is 11.0 Å². The molecule has 0 aliphatic carbocycles. The van der Waals surface area contributed by atoms with Crippen LogP contribution in [0.3, 0.4) is 0 Å². The molecule has 2 heterocycles. The van der Waals surface area contributed by atoms with Crippen molar-refractivity contribution in [1.29, 1.82) is 0 Å². The lowest BCUT2D eigenvalue weighted by Gasteiger charge is -2.07. The zero-order valence-corrected chi connectivity index (χ0v) is 11.4. The maximum Gasteiger partial charge on any atom is 0.226 e. The number of nitrogen functional groups attached to an aromatic ring is 1. The summed E-state index contributed by atoms with van der Waals surface area (Å²) in [5, 5.41) is 4.12. The van der Waals surface area contributed by atoms with E-state index in [-0.39, 0.29) is 0 Å². The number of anilines is 2. The van der Waals surface area contributed by atoms with Gasteiger partial charge in [-0.3, -0.25) is 0 Å². The van der Waals surface area contributed by atoms with Gasteiger partial charge in [0.05, 0.1) is 5.39 Å². The predicted molar refractivity (Wildman–Crippen MR) is 81.4 cm³/mol. The van der Waals surface area contributed by atoms with Gasteiger partial charge in [0.2, 0.25) is 5.95 Å². The van der Waals surface area contributed by atoms with Crippen molar-refractivity contribution >= 4 is 22.8 Å². The summed E-state index contributed by atoms with van der Waals surface area (Å²) in [4.78, 5) is 8.85. The molecule has 0 aliphatic rings. The lowest BCUT2D eigenvalue weighted by molar-refractivity contribution is 0.786. The van der Waals surface area contributed by atoms with Gasteiger partial charge in [0, 0.05) is 19.3 Å². The van der Waals surface area contributed by atoms with Gasteiger partial charge in [-0.05, 0) is 18.6 Å². The van der Waals surface area contributed by atoms with Crippen LogP contribution in [0.15, 0.2) is 42.6 Å². The van der Waals surface area contributed by atoms with Crippen LogP contribution in [0.4, 0.5) is 11.8 Å². The van der Waals surface area contributed by atoms with E-state index in [1.165, 1.54) is 5.56 Å². The highest BCUT2D eigenvalue weighted by atomic mass is 15.2. The normalized spacial score (nSPS) is 10.8. The van der Waals surface area contributed by atoms with Gasteiger partial charge >= 0.3 is 0 Å². The summed E-state index contributed by atoms with van der Waals surface area (Å²) in [6, 6.07) is 12.1. The van der Waals surface area contributed by atoms with Gasteiger partial charge in [0.25, 0.3) is 0 Å². The summed E-state index contributed by atoms with van der Waals surface area (Å²) >= 11 is 0. The minimum atomic E-state index is 0.512. The van der Waals surface area contributed by atoms with Crippen molar-refractivity contribution in [2.75, 3.05) is 11.1 Å². The van der Waals surface area contributed by atoms with E-state index in [1.54, 1.807) is 0 Å². The fourth-order valence-electron chi connectivity index (χ4n) is 2.20. The smallest absolute Gasteiger partial charge is 0.226 e. The lowest BCUT2D eigenvalue weighted by Crippen LogP contribution is -2.06. The Hall–Kier alpha value is -2.56. The van der Waals surface area contributed by atoms with Gasteiger partial charge in [-0.25, -0.2) is 0 Å². The topological polar surface area (TPSA) is 68.8 Å². The number of aryl methyl sites for hydroxylation is 1. The molecule has 0 spiro atoms. The zero-order valence-electron chi connectivity index (χ0n) is 11.4. The number of rotatable bonds is 4. The second-order valence-corrected chi connectivity index (χ2v) is 4.61. The van der Waals surface area contributed by atoms with Crippen LogP contribution < -0.4 is 11.1 Å². The Balaban J connectivity index is 1.88. The highest BCUT2D eigenvalue weighted by Gasteiger charge is 2.08. The second kappa shape index (κ2) is 5.21. The molecule has 5 heteroatoms. The third kappa shape index (κ3) is 2.30. The molecule has 2 aromatic heterocycles. The number of hydrogen-bond acceptors (Lipinski definition) is 4. The predicted octanol–water partition coefficient (Wildman–Crippen LogP) is 2.65. The summed E-state index contributed by atoms with van der Waals surface area (Å²) in [5.41, 5.74) is 8.04. The molecule has 3 aromatic rings. The molecule has 0 aliphatic heterocycles. The van der Waals surface area contributed by atoms with E-state index in [0.29, 0.717) is 18.3 Å². The third-order valence-corrected chi connectivity index (χ3v) is 3.28. The summed E-state index contributed by atoms with van der Waals surface area (Å²) in [6.45, 7) is 3.62. The van der Waals surface area contributed by atoms with Crippen molar-refractivity contribution in [3.05, 3.63) is 48.2 Å². The maximum atomic E-state index is 5.99. The van der Waals surface area contributed by atoms with E-state index in [4.69, 9.17) is 5.73 Å². The van der Waals surface area contributed by atoms with Gasteiger partial charge in [0.1, 0.15) is 11.5 Å². The van der Waals surface area contributed by atoms with Crippen LogP contribution in [-0.2, 0) is 13.1 Å². The lowest BCUT2D eigenvalue weighted by atomic mass is 10.2. The largest absolute Gasteiger partial charge is 0.383 e. The van der Waals surface area contributed by atoms with Gasteiger partial charge in [-0.15, -0.1) is 0 Å². The highest BCUT2D eigenvalue weighted by Crippen LogP contribution is 2.20. The van der Waals surface area contributed by atoms with Crippen molar-refractivity contribution in [3.8, 4) is 0 Å². The summed E-state index contributed by atoms with van der Waals surface area (Å²) in [6.07, 6.45) is 1.98. The second-order valence-electron chi connectivity index (χ2n) is 4.61. The van der Waals surface area contributed by atoms with E-state index in [9.17, 15) is 0 Å². The Labute approximate surface area is 117 Å². The van der Waals surface area contributed by atoms with E-state index in [0.717, 1.165) is 17.6 Å². The first kappa shape index (κ1) is 12.5. The molecule has 0 saturated heterocycles. The molecule has 20 heavy (non-hydrogen) atoms. The Bertz CT molecular complexity index is 718. The number of nitrogens with zero attached hydrogens (tertiary/aromatic N) is 3. The first-order chi connectivity index (χ1) is 9.78. The van der Waals surface area contributed by atoms with Crippen molar-refractivity contribution in [1.82, 2.24) is 14.5 Å². The number of fused-ring (bicyclic) bond motifs is 1. The Morgan fingerprint density at radius 1 is 1.15 bits per heavy atom. The number of benzene rings is 1. The number of nitrogens with one attached hydrogen (secondary N) is 1. The van der Waals surface area contributed by atoms with E-state index >= 15 is 0 Å². The van der Waals surface area contributed by atoms with E-state index in [2.05, 4.69) is 38.9 Å². The molecule has 0 unspecified atom stereocenters. The molecule has 102 valence electrons. The van der Waals surface area contributed by atoms with Gasteiger partial charge < -0.3 is 15.6 Å². The molecule has 0 saturated carbocycles. The van der Waals surface area contributed by atoms with Crippen LogP contribution in [0.2, 0.25) is 0 Å². The van der Waals surface area contributed by atoms with Crippen LogP contribution >= 0.6 is 0 Å². The highest BCUT2D eigenvalue weighted by molar-refractivity contribution is 5.87. The number of nitrogens with two attached hydrogens (primary N) is 1. The standard InChI is InChI=1S/C15H17N5/c1-2-20-9-8-12-13(16)18-15(19-14(12)20)17-10-11-6-4-3-5-7-11/h3-9H,2,10H2,1H3,(H3,16,17,18,19).